The first-order valence-electron chi connectivity index (χ1n) is 5.74. The lowest BCUT2D eigenvalue weighted by Gasteiger charge is -2.11. The third kappa shape index (κ3) is 3.48. The van der Waals surface area contributed by atoms with Crippen molar-refractivity contribution in [2.45, 2.75) is 11.8 Å². The van der Waals surface area contributed by atoms with Crippen molar-refractivity contribution in [3.8, 4) is 0 Å². The van der Waals surface area contributed by atoms with E-state index in [0.29, 0.717) is 5.69 Å². The van der Waals surface area contributed by atoms with Gasteiger partial charge in [0.15, 0.2) is 5.82 Å². The molecule has 0 atom stereocenters. The summed E-state index contributed by atoms with van der Waals surface area (Å²) in [4.78, 5) is -0.593. The maximum absolute atomic E-state index is 13.9. The van der Waals surface area contributed by atoms with Crippen LogP contribution in [0.15, 0.2) is 39.7 Å². The smallest absolute Gasteiger partial charge is 0.264 e. The molecule has 8 heteroatoms. The summed E-state index contributed by atoms with van der Waals surface area (Å²) < 4.78 is 41.4. The minimum Gasteiger partial charge on any atom is -0.396 e. The van der Waals surface area contributed by atoms with Crippen LogP contribution in [0.5, 0.6) is 0 Å². The first kappa shape index (κ1) is 16.1. The van der Waals surface area contributed by atoms with Gasteiger partial charge in [0.2, 0.25) is 0 Å². The molecule has 112 valence electrons. The average molecular weight is 394 g/mol. The van der Waals surface area contributed by atoms with Crippen LogP contribution in [0.1, 0.15) is 5.56 Å². The first-order valence-corrected chi connectivity index (χ1v) is 8.39. The van der Waals surface area contributed by atoms with Crippen LogP contribution in [0.2, 0.25) is 5.02 Å². The number of aryl methyl sites for hydroxylation is 1. The highest BCUT2D eigenvalue weighted by atomic mass is 79.9. The topological polar surface area (TPSA) is 72.2 Å². The molecule has 4 nitrogen and oxygen atoms in total. The lowest BCUT2D eigenvalue weighted by Crippen LogP contribution is -2.15. The van der Waals surface area contributed by atoms with E-state index < -0.39 is 20.7 Å². The predicted octanol–water partition coefficient (Wildman–Crippen LogP) is 3.93. The molecule has 0 aromatic heterocycles. The van der Waals surface area contributed by atoms with E-state index in [9.17, 15) is 12.8 Å². The van der Waals surface area contributed by atoms with E-state index in [1.165, 1.54) is 0 Å². The van der Waals surface area contributed by atoms with E-state index in [4.69, 9.17) is 17.3 Å². The molecule has 0 radical (unpaired) electrons. The molecule has 2 aromatic rings. The molecule has 0 fully saturated rings. The second-order valence-electron chi connectivity index (χ2n) is 4.38. The maximum atomic E-state index is 13.9. The van der Waals surface area contributed by atoms with Crippen molar-refractivity contribution >= 4 is 48.9 Å². The second-order valence-corrected chi connectivity index (χ2v) is 7.32. The summed E-state index contributed by atoms with van der Waals surface area (Å²) in [6.07, 6.45) is 0. The summed E-state index contributed by atoms with van der Waals surface area (Å²) in [5, 5.41) is 0.0411. The third-order valence-electron chi connectivity index (χ3n) is 2.75. The lowest BCUT2D eigenvalue weighted by atomic mass is 10.2. The van der Waals surface area contributed by atoms with Crippen LogP contribution < -0.4 is 10.5 Å². The number of hydrogen-bond donors (Lipinski definition) is 2. The quantitative estimate of drug-likeness (QED) is 0.776. The van der Waals surface area contributed by atoms with Gasteiger partial charge >= 0.3 is 0 Å². The Morgan fingerprint density at radius 2 is 1.95 bits per heavy atom. The van der Waals surface area contributed by atoms with Crippen LogP contribution in [-0.2, 0) is 10.0 Å². The number of halogens is 3. The highest BCUT2D eigenvalue weighted by molar-refractivity contribution is 9.10. The van der Waals surface area contributed by atoms with Gasteiger partial charge in [-0.2, -0.15) is 0 Å². The van der Waals surface area contributed by atoms with Crippen molar-refractivity contribution in [2.75, 3.05) is 10.5 Å². The van der Waals surface area contributed by atoms with Gasteiger partial charge in [-0.05, 0) is 36.8 Å². The van der Waals surface area contributed by atoms with Crippen LogP contribution >= 0.6 is 27.5 Å². The Labute approximate surface area is 135 Å². The minimum atomic E-state index is -4.13. The molecule has 0 aliphatic heterocycles. The number of nitrogens with one attached hydrogen (secondary N) is 1. The predicted molar refractivity (Wildman–Crippen MR) is 85.5 cm³/mol. The fourth-order valence-corrected chi connectivity index (χ4v) is 3.50. The summed E-state index contributed by atoms with van der Waals surface area (Å²) >= 11 is 9.03. The molecule has 3 N–H and O–H groups in total. The molecule has 0 aliphatic rings. The van der Waals surface area contributed by atoms with Crippen LogP contribution in [0, 0.1) is 12.7 Å². The van der Waals surface area contributed by atoms with Crippen LogP contribution in [0.3, 0.4) is 0 Å². The summed E-state index contributed by atoms with van der Waals surface area (Å²) in [7, 11) is -4.13. The molecule has 2 aromatic carbocycles. The van der Waals surface area contributed by atoms with E-state index in [-0.39, 0.29) is 10.7 Å². The van der Waals surface area contributed by atoms with Gasteiger partial charge < -0.3 is 5.73 Å². The number of anilines is 2. The monoisotopic (exact) mass is 392 g/mol. The van der Waals surface area contributed by atoms with Crippen molar-refractivity contribution in [3.63, 3.8) is 0 Å². The van der Waals surface area contributed by atoms with E-state index in [1.54, 1.807) is 18.2 Å². The number of hydrogen-bond acceptors (Lipinski definition) is 3. The Morgan fingerprint density at radius 1 is 1.29 bits per heavy atom. The molecule has 0 spiro atoms. The van der Waals surface area contributed by atoms with Crippen molar-refractivity contribution in [1.82, 2.24) is 0 Å². The Bertz CT molecular complexity index is 812. The van der Waals surface area contributed by atoms with Crippen LogP contribution in [-0.4, -0.2) is 8.42 Å². The maximum Gasteiger partial charge on any atom is 0.264 e. The number of nitrogens with two attached hydrogens (primary N) is 1. The Kier molecular flexibility index (Phi) is 4.46. The van der Waals surface area contributed by atoms with Crippen molar-refractivity contribution in [2.24, 2.45) is 0 Å². The first-order chi connectivity index (χ1) is 9.70. The molecular formula is C13H11BrClFN2O2S. The Hall–Kier alpha value is -1.31. The average Bonchev–Trinajstić information content (AvgIpc) is 2.37. The zero-order valence-electron chi connectivity index (χ0n) is 10.8. The molecular weight excluding hydrogens is 383 g/mol. The number of sulfonamides is 1. The van der Waals surface area contributed by atoms with E-state index in [1.807, 2.05) is 6.92 Å². The Balaban J connectivity index is 2.45. The Morgan fingerprint density at radius 3 is 2.57 bits per heavy atom. The largest absolute Gasteiger partial charge is 0.396 e. The fourth-order valence-electron chi connectivity index (χ4n) is 1.65. The van der Waals surface area contributed by atoms with Crippen molar-refractivity contribution in [1.29, 1.82) is 0 Å². The normalized spacial score (nSPS) is 11.4. The van der Waals surface area contributed by atoms with Crippen LogP contribution in [0.4, 0.5) is 15.8 Å². The summed E-state index contributed by atoms with van der Waals surface area (Å²) in [6.45, 7) is 1.86. The van der Waals surface area contributed by atoms with Gasteiger partial charge in [-0.1, -0.05) is 33.6 Å². The standard InChI is InChI=1S/C13H11BrClFN2O2S/c1-7-2-3-9(6-10(7)14)18-21(19,20)12-5-8(15)4-11(17)13(12)16/h2-6,18H,17H2,1H3. The molecule has 21 heavy (non-hydrogen) atoms. The molecule has 0 saturated heterocycles. The third-order valence-corrected chi connectivity index (χ3v) is 5.20. The molecule has 2 rings (SSSR count). The zero-order chi connectivity index (χ0) is 15.8. The van der Waals surface area contributed by atoms with E-state index >= 15 is 0 Å². The highest BCUT2D eigenvalue weighted by Crippen LogP contribution is 2.28. The van der Waals surface area contributed by atoms with Gasteiger partial charge in [-0.3, -0.25) is 4.72 Å². The fraction of sp³-hybridized carbons (Fsp3) is 0.0769. The van der Waals surface area contributed by atoms with Gasteiger partial charge in [0.25, 0.3) is 10.0 Å². The van der Waals surface area contributed by atoms with E-state index in [0.717, 1.165) is 22.2 Å². The molecule has 0 bridgehead atoms. The van der Waals surface area contributed by atoms with Crippen molar-refractivity contribution in [3.05, 3.63) is 51.2 Å². The molecule has 0 heterocycles. The summed E-state index contributed by atoms with van der Waals surface area (Å²) in [5.41, 5.74) is 6.31. The van der Waals surface area contributed by atoms with Gasteiger partial charge in [0, 0.05) is 15.2 Å². The molecule has 0 unspecified atom stereocenters. The SMILES string of the molecule is Cc1ccc(NS(=O)(=O)c2cc(Cl)cc(N)c2F)cc1Br. The van der Waals surface area contributed by atoms with E-state index in [2.05, 4.69) is 20.7 Å². The summed E-state index contributed by atoms with van der Waals surface area (Å²) in [6, 6.07) is 7.05. The lowest BCUT2D eigenvalue weighted by molar-refractivity contribution is 0.573. The number of benzene rings is 2. The van der Waals surface area contributed by atoms with Crippen LogP contribution in [0.25, 0.3) is 0 Å². The van der Waals surface area contributed by atoms with Gasteiger partial charge in [-0.25, -0.2) is 12.8 Å². The van der Waals surface area contributed by atoms with Gasteiger partial charge in [0.05, 0.1) is 5.69 Å². The molecule has 0 amide bonds. The second kappa shape index (κ2) is 5.82. The van der Waals surface area contributed by atoms with Gasteiger partial charge in [-0.15, -0.1) is 0 Å². The zero-order valence-corrected chi connectivity index (χ0v) is 14.0. The van der Waals surface area contributed by atoms with Crippen molar-refractivity contribution < 1.29 is 12.8 Å². The number of rotatable bonds is 3. The highest BCUT2D eigenvalue weighted by Gasteiger charge is 2.22. The molecule has 0 aliphatic carbocycles. The number of nitrogen functional groups attached to an aromatic ring is 1. The summed E-state index contributed by atoms with van der Waals surface area (Å²) in [5.74, 6) is -1.03. The molecule has 0 saturated carbocycles. The van der Waals surface area contributed by atoms with Gasteiger partial charge in [0.1, 0.15) is 4.90 Å². The minimum absolute atomic E-state index is 0.0411.